The quantitative estimate of drug-likeness (QED) is 0.731. The summed E-state index contributed by atoms with van der Waals surface area (Å²) in [5.74, 6) is 1.06. The molecule has 0 unspecified atom stereocenters. The fourth-order valence-corrected chi connectivity index (χ4v) is 4.29. The average Bonchev–Trinajstić information content (AvgIpc) is 3.21. The molecule has 0 saturated carbocycles. The van der Waals surface area contributed by atoms with Gasteiger partial charge < -0.3 is 14.8 Å². The predicted molar refractivity (Wildman–Crippen MR) is 113 cm³/mol. The third-order valence-corrected chi connectivity index (χ3v) is 5.97. The van der Waals surface area contributed by atoms with E-state index < -0.39 is 0 Å². The number of morpholine rings is 1. The van der Waals surface area contributed by atoms with Crippen LogP contribution in [0.2, 0.25) is 0 Å². The molecule has 1 atom stereocenters. The third-order valence-electron chi connectivity index (χ3n) is 5.00. The maximum Gasteiger partial charge on any atom is 0.258 e. The van der Waals surface area contributed by atoms with Gasteiger partial charge in [-0.25, -0.2) is 0 Å². The van der Waals surface area contributed by atoms with E-state index in [0.717, 1.165) is 43.2 Å². The normalized spacial score (nSPS) is 16.1. The molecular weight excluding hydrogens is 372 g/mol. The number of hydrogen-bond acceptors (Lipinski definition) is 5. The molecule has 2 aromatic rings. The lowest BCUT2D eigenvalue weighted by molar-refractivity contribution is -0.123. The van der Waals surface area contributed by atoms with Crippen LogP contribution in [-0.2, 0) is 9.53 Å². The first-order valence-electron chi connectivity index (χ1n) is 9.90. The Hall–Kier alpha value is -1.89. The summed E-state index contributed by atoms with van der Waals surface area (Å²) in [5.41, 5.74) is 2.26. The molecule has 28 heavy (non-hydrogen) atoms. The predicted octanol–water partition coefficient (Wildman–Crippen LogP) is 3.75. The van der Waals surface area contributed by atoms with Crippen LogP contribution in [0.4, 0.5) is 0 Å². The number of benzene rings is 1. The van der Waals surface area contributed by atoms with E-state index in [4.69, 9.17) is 9.47 Å². The number of ether oxygens (including phenoxy) is 2. The van der Waals surface area contributed by atoms with Crippen molar-refractivity contribution in [3.63, 3.8) is 0 Å². The standard InChI is InChI=1S/C22H30N2O3S/c1-16(2)18-7-6-17(3)13-20(18)27-15-22(25)23-14-19(21-5-4-12-28-21)24-8-10-26-11-9-24/h4-7,12-13,16,19H,8-11,14-15H2,1-3H3,(H,23,25)/t19-/m1/s1. The minimum absolute atomic E-state index is 0.0312. The topological polar surface area (TPSA) is 50.8 Å². The summed E-state index contributed by atoms with van der Waals surface area (Å²) in [6.07, 6.45) is 0. The molecule has 1 aliphatic rings. The van der Waals surface area contributed by atoms with Crippen LogP contribution in [-0.4, -0.2) is 50.3 Å². The molecule has 1 aliphatic heterocycles. The van der Waals surface area contributed by atoms with Gasteiger partial charge in [-0.1, -0.05) is 32.0 Å². The lowest BCUT2D eigenvalue weighted by Gasteiger charge is -2.34. The van der Waals surface area contributed by atoms with Gasteiger partial charge in [-0.3, -0.25) is 9.69 Å². The van der Waals surface area contributed by atoms with Crippen LogP contribution in [0.5, 0.6) is 5.75 Å². The molecule has 152 valence electrons. The molecule has 1 aromatic heterocycles. The largest absolute Gasteiger partial charge is 0.483 e. The summed E-state index contributed by atoms with van der Waals surface area (Å²) in [5, 5.41) is 5.14. The van der Waals surface area contributed by atoms with Gasteiger partial charge in [0.2, 0.25) is 0 Å². The van der Waals surface area contributed by atoms with Crippen molar-refractivity contribution in [1.29, 1.82) is 0 Å². The van der Waals surface area contributed by atoms with Crippen LogP contribution in [0, 0.1) is 6.92 Å². The van der Waals surface area contributed by atoms with Crippen molar-refractivity contribution in [1.82, 2.24) is 10.2 Å². The first-order valence-corrected chi connectivity index (χ1v) is 10.8. The average molecular weight is 403 g/mol. The van der Waals surface area contributed by atoms with Gasteiger partial charge >= 0.3 is 0 Å². The van der Waals surface area contributed by atoms with Crippen LogP contribution >= 0.6 is 11.3 Å². The second kappa shape index (κ2) is 10.0. The summed E-state index contributed by atoms with van der Waals surface area (Å²) < 4.78 is 11.3. The Morgan fingerprint density at radius 2 is 2.07 bits per heavy atom. The Morgan fingerprint density at radius 1 is 1.29 bits per heavy atom. The number of nitrogens with zero attached hydrogens (tertiary/aromatic N) is 1. The Kier molecular flexibility index (Phi) is 7.48. The maximum absolute atomic E-state index is 12.5. The molecule has 1 N–H and O–H groups in total. The first-order chi connectivity index (χ1) is 13.5. The monoisotopic (exact) mass is 402 g/mol. The van der Waals surface area contributed by atoms with Gasteiger partial charge in [0.05, 0.1) is 19.3 Å². The smallest absolute Gasteiger partial charge is 0.258 e. The zero-order chi connectivity index (χ0) is 19.9. The van der Waals surface area contributed by atoms with Gasteiger partial charge in [0.1, 0.15) is 5.75 Å². The van der Waals surface area contributed by atoms with Crippen molar-refractivity contribution < 1.29 is 14.3 Å². The number of carbonyl (C=O) groups is 1. The number of thiophene rings is 1. The van der Waals surface area contributed by atoms with E-state index in [2.05, 4.69) is 53.7 Å². The first kappa shape index (κ1) is 20.8. The number of aryl methyl sites for hydroxylation is 1. The van der Waals surface area contributed by atoms with Crippen molar-refractivity contribution in [2.24, 2.45) is 0 Å². The highest BCUT2D eigenvalue weighted by Crippen LogP contribution is 2.28. The molecular formula is C22H30N2O3S. The molecule has 6 heteroatoms. The summed E-state index contributed by atoms with van der Waals surface area (Å²) in [7, 11) is 0. The van der Waals surface area contributed by atoms with E-state index >= 15 is 0 Å². The molecule has 0 spiro atoms. The molecule has 0 aliphatic carbocycles. The van der Waals surface area contributed by atoms with Crippen LogP contribution in [0.15, 0.2) is 35.7 Å². The van der Waals surface area contributed by atoms with E-state index in [9.17, 15) is 4.79 Å². The van der Waals surface area contributed by atoms with Crippen molar-refractivity contribution in [3.05, 3.63) is 51.7 Å². The minimum Gasteiger partial charge on any atom is -0.483 e. The Labute approximate surface area is 171 Å². The fraction of sp³-hybridized carbons (Fsp3) is 0.500. The number of hydrogen-bond donors (Lipinski definition) is 1. The lowest BCUT2D eigenvalue weighted by Crippen LogP contribution is -2.44. The Bertz CT molecular complexity index is 755. The van der Waals surface area contributed by atoms with Gasteiger partial charge in [-0.05, 0) is 41.5 Å². The number of rotatable bonds is 8. The molecule has 3 rings (SSSR count). The fourth-order valence-electron chi connectivity index (χ4n) is 3.43. The van der Waals surface area contributed by atoms with Gasteiger partial charge in [0.25, 0.3) is 5.91 Å². The molecule has 5 nitrogen and oxygen atoms in total. The van der Waals surface area contributed by atoms with Crippen LogP contribution in [0.3, 0.4) is 0 Å². The summed E-state index contributed by atoms with van der Waals surface area (Å²) in [6.45, 7) is 10.2. The second-order valence-electron chi connectivity index (χ2n) is 7.47. The summed E-state index contributed by atoms with van der Waals surface area (Å²) in [4.78, 5) is 16.1. The molecule has 0 bridgehead atoms. The number of nitrogens with one attached hydrogen (secondary N) is 1. The van der Waals surface area contributed by atoms with Crippen molar-refractivity contribution in [3.8, 4) is 5.75 Å². The number of carbonyl (C=O) groups excluding carboxylic acids is 1. The van der Waals surface area contributed by atoms with E-state index in [1.165, 1.54) is 4.88 Å². The van der Waals surface area contributed by atoms with Crippen molar-refractivity contribution in [2.75, 3.05) is 39.5 Å². The van der Waals surface area contributed by atoms with Gasteiger partial charge in [0, 0.05) is 24.5 Å². The summed E-state index contributed by atoms with van der Waals surface area (Å²) >= 11 is 1.73. The van der Waals surface area contributed by atoms with Gasteiger partial charge in [-0.15, -0.1) is 11.3 Å². The molecule has 1 aromatic carbocycles. The zero-order valence-electron chi connectivity index (χ0n) is 16.9. The molecule has 0 radical (unpaired) electrons. The number of amides is 1. The van der Waals surface area contributed by atoms with E-state index in [-0.39, 0.29) is 18.6 Å². The molecule has 2 heterocycles. The minimum atomic E-state index is -0.0916. The van der Waals surface area contributed by atoms with E-state index in [1.807, 2.05) is 13.0 Å². The Morgan fingerprint density at radius 3 is 2.75 bits per heavy atom. The molecule has 1 fully saturated rings. The van der Waals surface area contributed by atoms with Crippen LogP contribution < -0.4 is 10.1 Å². The molecule has 1 saturated heterocycles. The van der Waals surface area contributed by atoms with Gasteiger partial charge in [-0.2, -0.15) is 0 Å². The van der Waals surface area contributed by atoms with Crippen molar-refractivity contribution >= 4 is 17.2 Å². The second-order valence-corrected chi connectivity index (χ2v) is 8.45. The summed E-state index contributed by atoms with van der Waals surface area (Å²) in [6, 6.07) is 10.5. The highest BCUT2D eigenvalue weighted by Gasteiger charge is 2.24. The van der Waals surface area contributed by atoms with Crippen molar-refractivity contribution in [2.45, 2.75) is 32.7 Å². The third kappa shape index (κ3) is 5.56. The highest BCUT2D eigenvalue weighted by atomic mass is 32.1. The maximum atomic E-state index is 12.5. The zero-order valence-corrected chi connectivity index (χ0v) is 17.8. The SMILES string of the molecule is Cc1ccc(C(C)C)c(OCC(=O)NC[C@H](c2cccs2)N2CCOCC2)c1. The Balaban J connectivity index is 1.57. The van der Waals surface area contributed by atoms with E-state index in [0.29, 0.717) is 12.5 Å². The van der Waals surface area contributed by atoms with E-state index in [1.54, 1.807) is 11.3 Å². The van der Waals surface area contributed by atoms with Crippen LogP contribution in [0.25, 0.3) is 0 Å². The lowest BCUT2D eigenvalue weighted by atomic mass is 10.0. The van der Waals surface area contributed by atoms with Gasteiger partial charge in [0.15, 0.2) is 6.61 Å². The highest BCUT2D eigenvalue weighted by molar-refractivity contribution is 7.10. The molecule has 1 amide bonds. The van der Waals surface area contributed by atoms with Crippen LogP contribution in [0.1, 0.15) is 41.8 Å².